The zero-order valence-electron chi connectivity index (χ0n) is 9.83. The van der Waals surface area contributed by atoms with Gasteiger partial charge in [-0.15, -0.1) is 0 Å². The predicted molar refractivity (Wildman–Crippen MR) is 66.1 cm³/mol. The fraction of sp³-hybridized carbons (Fsp3) is 0.500. The van der Waals surface area contributed by atoms with Gasteiger partial charge in [0, 0.05) is 16.6 Å². The molecule has 1 rings (SSSR count). The monoisotopic (exact) mass is 243 g/mol. The first-order valence-electron chi connectivity index (χ1n) is 5.35. The average molecular weight is 244 g/mol. The number of nitrogens with one attached hydrogen (secondary N) is 1. The summed E-state index contributed by atoms with van der Waals surface area (Å²) in [6.45, 7) is 4.73. The maximum atomic E-state index is 10.2. The quantitative estimate of drug-likeness (QED) is 0.835. The summed E-state index contributed by atoms with van der Waals surface area (Å²) in [7, 11) is 1.58. The van der Waals surface area contributed by atoms with Gasteiger partial charge < -0.3 is 15.2 Å². The molecule has 2 N–H and O–H groups in total. The van der Waals surface area contributed by atoms with E-state index in [-0.39, 0.29) is 6.04 Å². The van der Waals surface area contributed by atoms with Gasteiger partial charge in [-0.3, -0.25) is 0 Å². The molecule has 0 aliphatic carbocycles. The minimum atomic E-state index is -0.631. The SMILES string of the molecule is CCNC(C)C(O)c1cc(Cl)ccc1OC. The van der Waals surface area contributed by atoms with Gasteiger partial charge in [0.2, 0.25) is 0 Å². The molecule has 0 saturated carbocycles. The molecule has 0 heterocycles. The highest BCUT2D eigenvalue weighted by Crippen LogP contribution is 2.29. The first kappa shape index (κ1) is 13.3. The number of methoxy groups -OCH3 is 1. The molecule has 2 unspecified atom stereocenters. The molecule has 0 aliphatic rings. The number of aliphatic hydroxyl groups is 1. The predicted octanol–water partition coefficient (Wildman–Crippen LogP) is 2.38. The smallest absolute Gasteiger partial charge is 0.124 e. The van der Waals surface area contributed by atoms with Crippen LogP contribution in [0.5, 0.6) is 5.75 Å². The van der Waals surface area contributed by atoms with E-state index in [9.17, 15) is 5.11 Å². The summed E-state index contributed by atoms with van der Waals surface area (Å²) in [5.41, 5.74) is 0.712. The van der Waals surface area contributed by atoms with Crippen molar-refractivity contribution in [1.29, 1.82) is 0 Å². The van der Waals surface area contributed by atoms with Crippen LogP contribution in [0.1, 0.15) is 25.5 Å². The molecule has 0 bridgehead atoms. The number of ether oxygens (including phenoxy) is 1. The van der Waals surface area contributed by atoms with Crippen LogP contribution < -0.4 is 10.1 Å². The first-order chi connectivity index (χ1) is 7.60. The summed E-state index contributed by atoms with van der Waals surface area (Å²) < 4.78 is 5.20. The fourth-order valence-electron chi connectivity index (χ4n) is 1.64. The summed E-state index contributed by atoms with van der Waals surface area (Å²) in [5.74, 6) is 0.654. The highest BCUT2D eigenvalue weighted by atomic mass is 35.5. The Bertz CT molecular complexity index is 344. The minimum absolute atomic E-state index is 0.0441. The third-order valence-electron chi connectivity index (χ3n) is 2.51. The van der Waals surface area contributed by atoms with E-state index in [1.807, 2.05) is 13.8 Å². The maximum Gasteiger partial charge on any atom is 0.124 e. The average Bonchev–Trinajstić information content (AvgIpc) is 2.28. The molecule has 1 aromatic carbocycles. The Morgan fingerprint density at radius 1 is 1.50 bits per heavy atom. The molecule has 4 heteroatoms. The van der Waals surface area contributed by atoms with Crippen molar-refractivity contribution in [3.05, 3.63) is 28.8 Å². The van der Waals surface area contributed by atoms with Gasteiger partial charge in [-0.05, 0) is 31.7 Å². The summed E-state index contributed by atoms with van der Waals surface area (Å²) in [4.78, 5) is 0. The van der Waals surface area contributed by atoms with Crippen LogP contribution in [0.15, 0.2) is 18.2 Å². The van der Waals surface area contributed by atoms with Crippen LogP contribution in [0.4, 0.5) is 0 Å². The Balaban J connectivity index is 2.96. The summed E-state index contributed by atoms with van der Waals surface area (Å²) in [5, 5.41) is 13.9. The fourth-order valence-corrected chi connectivity index (χ4v) is 1.82. The lowest BCUT2D eigenvalue weighted by molar-refractivity contribution is 0.134. The molecule has 0 saturated heterocycles. The van der Waals surface area contributed by atoms with Gasteiger partial charge in [-0.2, -0.15) is 0 Å². The van der Waals surface area contributed by atoms with E-state index in [4.69, 9.17) is 16.3 Å². The zero-order chi connectivity index (χ0) is 12.1. The summed E-state index contributed by atoms with van der Waals surface area (Å²) in [6, 6.07) is 5.20. The molecule has 90 valence electrons. The van der Waals surface area contributed by atoms with Gasteiger partial charge >= 0.3 is 0 Å². The number of benzene rings is 1. The molecule has 16 heavy (non-hydrogen) atoms. The van der Waals surface area contributed by atoms with Crippen LogP contribution in [0.25, 0.3) is 0 Å². The van der Waals surface area contributed by atoms with E-state index < -0.39 is 6.10 Å². The molecular formula is C12H18ClNO2. The van der Waals surface area contributed by atoms with Crippen molar-refractivity contribution in [1.82, 2.24) is 5.32 Å². The van der Waals surface area contributed by atoms with Crippen molar-refractivity contribution < 1.29 is 9.84 Å². The van der Waals surface area contributed by atoms with Crippen LogP contribution in [0.3, 0.4) is 0 Å². The number of hydrogen-bond donors (Lipinski definition) is 2. The normalized spacial score (nSPS) is 14.6. The van der Waals surface area contributed by atoms with Gasteiger partial charge in [0.1, 0.15) is 5.75 Å². The van der Waals surface area contributed by atoms with Gasteiger partial charge in [-0.1, -0.05) is 18.5 Å². The second-order valence-corrected chi connectivity index (χ2v) is 4.11. The summed E-state index contributed by atoms with van der Waals surface area (Å²) in [6.07, 6.45) is -0.631. The van der Waals surface area contributed by atoms with E-state index in [2.05, 4.69) is 5.32 Å². The molecule has 0 fully saturated rings. The van der Waals surface area contributed by atoms with E-state index in [0.717, 1.165) is 6.54 Å². The van der Waals surface area contributed by atoms with Crippen LogP contribution in [-0.2, 0) is 0 Å². The van der Waals surface area contributed by atoms with Crippen molar-refractivity contribution in [2.24, 2.45) is 0 Å². The molecule has 2 atom stereocenters. The second-order valence-electron chi connectivity index (χ2n) is 3.68. The van der Waals surface area contributed by atoms with E-state index >= 15 is 0 Å². The number of halogens is 1. The highest BCUT2D eigenvalue weighted by molar-refractivity contribution is 6.30. The van der Waals surface area contributed by atoms with Crippen LogP contribution in [0, 0.1) is 0 Å². The van der Waals surface area contributed by atoms with E-state index in [1.165, 1.54) is 0 Å². The van der Waals surface area contributed by atoms with Crippen molar-refractivity contribution in [2.75, 3.05) is 13.7 Å². The zero-order valence-corrected chi connectivity index (χ0v) is 10.6. The van der Waals surface area contributed by atoms with Crippen molar-refractivity contribution in [2.45, 2.75) is 26.0 Å². The third kappa shape index (κ3) is 3.11. The standard InChI is InChI=1S/C12H18ClNO2/c1-4-14-8(2)12(15)10-7-9(13)5-6-11(10)16-3/h5-8,12,14-15H,4H2,1-3H3. The molecule has 0 radical (unpaired) electrons. The van der Waals surface area contributed by atoms with Crippen molar-refractivity contribution >= 4 is 11.6 Å². The lowest BCUT2D eigenvalue weighted by Crippen LogP contribution is -2.32. The lowest BCUT2D eigenvalue weighted by Gasteiger charge is -2.21. The van der Waals surface area contributed by atoms with Crippen LogP contribution in [0.2, 0.25) is 5.02 Å². The van der Waals surface area contributed by atoms with Crippen molar-refractivity contribution in [3.8, 4) is 5.75 Å². The molecule has 3 nitrogen and oxygen atoms in total. The molecule has 1 aromatic rings. The van der Waals surface area contributed by atoms with Gasteiger partial charge in [0.15, 0.2) is 0 Å². The maximum absolute atomic E-state index is 10.2. The largest absolute Gasteiger partial charge is 0.496 e. The number of aliphatic hydroxyl groups excluding tert-OH is 1. The second kappa shape index (κ2) is 6.09. The number of hydrogen-bond acceptors (Lipinski definition) is 3. The van der Waals surface area contributed by atoms with Gasteiger partial charge in [0.05, 0.1) is 13.2 Å². The van der Waals surface area contributed by atoms with E-state index in [1.54, 1.807) is 25.3 Å². The Hall–Kier alpha value is -0.770. The molecule has 0 amide bonds. The Morgan fingerprint density at radius 3 is 2.75 bits per heavy atom. The highest BCUT2D eigenvalue weighted by Gasteiger charge is 2.19. The Morgan fingerprint density at radius 2 is 2.19 bits per heavy atom. The third-order valence-corrected chi connectivity index (χ3v) is 2.75. The molecular weight excluding hydrogens is 226 g/mol. The Kier molecular flexibility index (Phi) is 5.06. The number of rotatable bonds is 5. The van der Waals surface area contributed by atoms with Crippen LogP contribution in [-0.4, -0.2) is 24.8 Å². The van der Waals surface area contributed by atoms with Crippen LogP contribution >= 0.6 is 11.6 Å². The van der Waals surface area contributed by atoms with Gasteiger partial charge in [0.25, 0.3) is 0 Å². The van der Waals surface area contributed by atoms with Gasteiger partial charge in [-0.25, -0.2) is 0 Å². The van der Waals surface area contributed by atoms with Crippen molar-refractivity contribution in [3.63, 3.8) is 0 Å². The molecule has 0 aliphatic heterocycles. The minimum Gasteiger partial charge on any atom is -0.496 e. The summed E-state index contributed by atoms with van der Waals surface area (Å²) >= 11 is 5.91. The lowest BCUT2D eigenvalue weighted by atomic mass is 10.0. The molecule has 0 spiro atoms. The topological polar surface area (TPSA) is 41.5 Å². The molecule has 0 aromatic heterocycles. The first-order valence-corrected chi connectivity index (χ1v) is 5.72. The Labute approximate surface area is 101 Å². The van der Waals surface area contributed by atoms with E-state index in [0.29, 0.717) is 16.3 Å². The number of likely N-dealkylation sites (N-methyl/N-ethyl adjacent to an activating group) is 1.